The van der Waals surface area contributed by atoms with Crippen molar-refractivity contribution in [1.29, 1.82) is 0 Å². The molecule has 0 radical (unpaired) electrons. The highest BCUT2D eigenvalue weighted by molar-refractivity contribution is 6.31. The van der Waals surface area contributed by atoms with Gasteiger partial charge in [-0.05, 0) is 56.5 Å². The summed E-state index contributed by atoms with van der Waals surface area (Å²) < 4.78 is 5.28. The Morgan fingerprint density at radius 1 is 1.44 bits per heavy atom. The van der Waals surface area contributed by atoms with E-state index in [1.165, 1.54) is 12.0 Å². The van der Waals surface area contributed by atoms with Crippen LogP contribution in [0.25, 0.3) is 0 Å². The van der Waals surface area contributed by atoms with E-state index >= 15 is 0 Å². The van der Waals surface area contributed by atoms with E-state index in [1.54, 1.807) is 7.11 Å². The number of rotatable bonds is 2. The first-order chi connectivity index (χ1) is 7.57. The van der Waals surface area contributed by atoms with Crippen molar-refractivity contribution in [2.75, 3.05) is 13.7 Å². The normalized spacial score (nSPS) is 24.8. The van der Waals surface area contributed by atoms with Crippen molar-refractivity contribution in [2.45, 2.75) is 32.2 Å². The maximum absolute atomic E-state index is 6.23. The van der Waals surface area contributed by atoms with Crippen molar-refractivity contribution >= 4 is 11.6 Å². The molecular formula is C13H18ClNO. The predicted molar refractivity (Wildman–Crippen MR) is 67.3 cm³/mol. The van der Waals surface area contributed by atoms with Crippen molar-refractivity contribution in [3.63, 3.8) is 0 Å². The zero-order valence-corrected chi connectivity index (χ0v) is 10.8. The van der Waals surface area contributed by atoms with Gasteiger partial charge in [0.25, 0.3) is 0 Å². The quantitative estimate of drug-likeness (QED) is 0.856. The fourth-order valence-electron chi connectivity index (χ4n) is 2.47. The summed E-state index contributed by atoms with van der Waals surface area (Å²) in [5.41, 5.74) is 2.45. The van der Waals surface area contributed by atoms with Crippen LogP contribution in [0.5, 0.6) is 5.75 Å². The van der Waals surface area contributed by atoms with E-state index in [-0.39, 0.29) is 5.54 Å². The fraction of sp³-hybridized carbons (Fsp3) is 0.538. The number of ether oxygens (including phenoxy) is 1. The molecule has 2 rings (SSSR count). The van der Waals surface area contributed by atoms with Gasteiger partial charge in [-0.3, -0.25) is 0 Å². The maximum Gasteiger partial charge on any atom is 0.120 e. The molecule has 1 aliphatic heterocycles. The average Bonchev–Trinajstić information content (AvgIpc) is 2.70. The van der Waals surface area contributed by atoms with Crippen LogP contribution in [0.1, 0.15) is 30.9 Å². The summed E-state index contributed by atoms with van der Waals surface area (Å²) in [4.78, 5) is 0. The third-order valence-electron chi connectivity index (χ3n) is 3.52. The van der Waals surface area contributed by atoms with E-state index < -0.39 is 0 Å². The molecule has 88 valence electrons. The first-order valence-electron chi connectivity index (χ1n) is 5.66. The van der Waals surface area contributed by atoms with E-state index in [0.717, 1.165) is 29.3 Å². The van der Waals surface area contributed by atoms with E-state index in [2.05, 4.69) is 25.2 Å². The number of hydrogen-bond donors (Lipinski definition) is 1. The Kier molecular flexibility index (Phi) is 3.13. The Morgan fingerprint density at radius 2 is 2.19 bits per heavy atom. The highest BCUT2D eigenvalue weighted by Crippen LogP contribution is 2.37. The summed E-state index contributed by atoms with van der Waals surface area (Å²) in [5, 5.41) is 4.34. The third kappa shape index (κ3) is 1.92. The second-order valence-corrected chi connectivity index (χ2v) is 5.05. The minimum atomic E-state index is 0.0439. The molecule has 1 aromatic rings. The van der Waals surface area contributed by atoms with Crippen molar-refractivity contribution in [3.05, 3.63) is 28.3 Å². The average molecular weight is 240 g/mol. The molecule has 1 saturated heterocycles. The van der Waals surface area contributed by atoms with Crippen LogP contribution in [-0.2, 0) is 5.54 Å². The first kappa shape index (κ1) is 11.7. The molecule has 1 N–H and O–H groups in total. The Morgan fingerprint density at radius 3 is 2.75 bits per heavy atom. The summed E-state index contributed by atoms with van der Waals surface area (Å²) in [7, 11) is 1.68. The molecule has 1 atom stereocenters. The highest BCUT2D eigenvalue weighted by Gasteiger charge is 2.32. The summed E-state index contributed by atoms with van der Waals surface area (Å²) >= 11 is 6.23. The molecule has 1 aromatic carbocycles. The van der Waals surface area contributed by atoms with Crippen LogP contribution in [-0.4, -0.2) is 13.7 Å². The lowest BCUT2D eigenvalue weighted by Crippen LogP contribution is -2.34. The van der Waals surface area contributed by atoms with Crippen LogP contribution in [0.4, 0.5) is 0 Å². The number of methoxy groups -OCH3 is 1. The van der Waals surface area contributed by atoms with Crippen LogP contribution >= 0.6 is 11.6 Å². The van der Waals surface area contributed by atoms with Crippen molar-refractivity contribution in [1.82, 2.24) is 5.32 Å². The van der Waals surface area contributed by atoms with E-state index in [4.69, 9.17) is 16.3 Å². The lowest BCUT2D eigenvalue weighted by atomic mass is 9.87. The van der Waals surface area contributed by atoms with E-state index in [0.29, 0.717) is 0 Å². The second-order valence-electron chi connectivity index (χ2n) is 4.64. The van der Waals surface area contributed by atoms with Gasteiger partial charge in [0, 0.05) is 10.6 Å². The smallest absolute Gasteiger partial charge is 0.120 e. The minimum Gasteiger partial charge on any atom is -0.497 e. The molecule has 1 aliphatic rings. The molecule has 1 heterocycles. The van der Waals surface area contributed by atoms with Crippen LogP contribution < -0.4 is 10.1 Å². The summed E-state index contributed by atoms with van der Waals surface area (Å²) in [5.74, 6) is 0.834. The topological polar surface area (TPSA) is 21.3 Å². The lowest BCUT2D eigenvalue weighted by molar-refractivity contribution is 0.403. The molecular weight excluding hydrogens is 222 g/mol. The maximum atomic E-state index is 6.23. The van der Waals surface area contributed by atoms with Crippen molar-refractivity contribution in [2.24, 2.45) is 0 Å². The Labute approximate surface area is 102 Å². The monoisotopic (exact) mass is 239 g/mol. The Balaban J connectivity index is 2.50. The van der Waals surface area contributed by atoms with Gasteiger partial charge in [0.05, 0.1) is 7.11 Å². The summed E-state index contributed by atoms with van der Waals surface area (Å²) in [6.07, 6.45) is 2.36. The van der Waals surface area contributed by atoms with Gasteiger partial charge in [-0.1, -0.05) is 11.6 Å². The van der Waals surface area contributed by atoms with Gasteiger partial charge in [0.2, 0.25) is 0 Å². The van der Waals surface area contributed by atoms with E-state index in [9.17, 15) is 0 Å². The first-order valence-corrected chi connectivity index (χ1v) is 6.04. The molecule has 1 fully saturated rings. The third-order valence-corrected chi connectivity index (χ3v) is 3.91. The second kappa shape index (κ2) is 4.27. The minimum absolute atomic E-state index is 0.0439. The molecule has 3 heteroatoms. The Hall–Kier alpha value is -0.730. The molecule has 0 saturated carbocycles. The standard InChI is InChI=1S/C13H18ClNO/c1-9-11(13(2)5-4-6-15-13)7-10(16-3)8-12(9)14/h7-8,15H,4-6H2,1-3H3. The number of hydrogen-bond acceptors (Lipinski definition) is 2. The number of benzene rings is 1. The summed E-state index contributed by atoms with van der Waals surface area (Å²) in [6, 6.07) is 3.97. The van der Waals surface area contributed by atoms with E-state index in [1.807, 2.05) is 6.07 Å². The van der Waals surface area contributed by atoms with Gasteiger partial charge in [0.1, 0.15) is 5.75 Å². The fourth-order valence-corrected chi connectivity index (χ4v) is 2.68. The molecule has 0 aromatic heterocycles. The van der Waals surface area contributed by atoms with Gasteiger partial charge in [-0.15, -0.1) is 0 Å². The van der Waals surface area contributed by atoms with Gasteiger partial charge in [-0.25, -0.2) is 0 Å². The molecule has 0 amide bonds. The molecule has 16 heavy (non-hydrogen) atoms. The van der Waals surface area contributed by atoms with Crippen LogP contribution in [0.15, 0.2) is 12.1 Å². The van der Waals surface area contributed by atoms with Crippen LogP contribution in [0.2, 0.25) is 5.02 Å². The molecule has 2 nitrogen and oxygen atoms in total. The molecule has 0 aliphatic carbocycles. The number of halogens is 1. The number of nitrogens with one attached hydrogen (secondary N) is 1. The van der Waals surface area contributed by atoms with Gasteiger partial charge in [0.15, 0.2) is 0 Å². The molecule has 0 bridgehead atoms. The Bertz CT molecular complexity index is 397. The zero-order chi connectivity index (χ0) is 11.8. The summed E-state index contributed by atoms with van der Waals surface area (Å²) in [6.45, 7) is 5.38. The zero-order valence-electron chi connectivity index (χ0n) is 10.1. The van der Waals surface area contributed by atoms with Gasteiger partial charge < -0.3 is 10.1 Å². The lowest BCUT2D eigenvalue weighted by Gasteiger charge is -2.28. The SMILES string of the molecule is COc1cc(Cl)c(C)c(C2(C)CCCN2)c1. The van der Waals surface area contributed by atoms with Gasteiger partial charge in [-0.2, -0.15) is 0 Å². The largest absolute Gasteiger partial charge is 0.497 e. The predicted octanol–water partition coefficient (Wildman–Crippen LogP) is 3.26. The molecule has 1 unspecified atom stereocenters. The van der Waals surface area contributed by atoms with Crippen molar-refractivity contribution in [3.8, 4) is 5.75 Å². The van der Waals surface area contributed by atoms with Crippen LogP contribution in [0, 0.1) is 6.92 Å². The van der Waals surface area contributed by atoms with Crippen molar-refractivity contribution < 1.29 is 4.74 Å². The highest BCUT2D eigenvalue weighted by atomic mass is 35.5. The van der Waals surface area contributed by atoms with Crippen LogP contribution in [0.3, 0.4) is 0 Å². The molecule has 0 spiro atoms. The van der Waals surface area contributed by atoms with Gasteiger partial charge >= 0.3 is 0 Å².